The van der Waals surface area contributed by atoms with E-state index in [4.69, 9.17) is 22.5 Å². The number of oxime groups is 1. The molecular formula is C14H22ClN3O. The fourth-order valence-electron chi connectivity index (χ4n) is 1.79. The molecule has 0 aliphatic heterocycles. The normalized spacial score (nSPS) is 12.5. The standard InChI is InChI=1S/C14H22ClN3O/c1-10-5-6-11(15)12(9-10)17-8-4-7-14(2,3)13(16)18-19/h5-6,9,17,19H,4,7-8H2,1-3H3,(H2,16,18). The number of nitrogens with one attached hydrogen (secondary N) is 1. The number of anilines is 1. The molecule has 0 spiro atoms. The van der Waals surface area contributed by atoms with E-state index in [2.05, 4.69) is 10.5 Å². The van der Waals surface area contributed by atoms with Gasteiger partial charge in [0.05, 0.1) is 10.7 Å². The summed E-state index contributed by atoms with van der Waals surface area (Å²) in [5, 5.41) is 15.8. The van der Waals surface area contributed by atoms with Crippen molar-refractivity contribution in [1.29, 1.82) is 0 Å². The monoisotopic (exact) mass is 283 g/mol. The molecule has 0 saturated carbocycles. The Balaban J connectivity index is 2.45. The predicted octanol–water partition coefficient (Wildman–Crippen LogP) is 3.61. The van der Waals surface area contributed by atoms with Gasteiger partial charge in [0, 0.05) is 12.0 Å². The summed E-state index contributed by atoms with van der Waals surface area (Å²) in [6.07, 6.45) is 1.74. The maximum Gasteiger partial charge on any atom is 0.144 e. The third kappa shape index (κ3) is 4.63. The number of hydrogen-bond donors (Lipinski definition) is 3. The van der Waals surface area contributed by atoms with E-state index in [1.54, 1.807) is 0 Å². The highest BCUT2D eigenvalue weighted by Crippen LogP contribution is 2.25. The molecular weight excluding hydrogens is 262 g/mol. The lowest BCUT2D eigenvalue weighted by Gasteiger charge is -2.22. The van der Waals surface area contributed by atoms with Crippen molar-refractivity contribution >= 4 is 23.1 Å². The van der Waals surface area contributed by atoms with Crippen LogP contribution in [0.4, 0.5) is 5.69 Å². The van der Waals surface area contributed by atoms with Crippen LogP contribution < -0.4 is 11.1 Å². The van der Waals surface area contributed by atoms with Crippen molar-refractivity contribution < 1.29 is 5.21 Å². The highest BCUT2D eigenvalue weighted by Gasteiger charge is 2.22. The molecule has 5 heteroatoms. The molecule has 0 saturated heterocycles. The molecule has 1 rings (SSSR count). The van der Waals surface area contributed by atoms with Gasteiger partial charge in [0.1, 0.15) is 5.84 Å². The molecule has 1 aromatic carbocycles. The van der Waals surface area contributed by atoms with Gasteiger partial charge in [-0.15, -0.1) is 0 Å². The number of rotatable bonds is 6. The molecule has 0 bridgehead atoms. The van der Waals surface area contributed by atoms with Crippen molar-refractivity contribution in [2.75, 3.05) is 11.9 Å². The summed E-state index contributed by atoms with van der Waals surface area (Å²) in [7, 11) is 0. The van der Waals surface area contributed by atoms with Gasteiger partial charge >= 0.3 is 0 Å². The lowest BCUT2D eigenvalue weighted by Crippen LogP contribution is -2.32. The molecule has 0 heterocycles. The van der Waals surface area contributed by atoms with Crippen LogP contribution in [-0.2, 0) is 0 Å². The summed E-state index contributed by atoms with van der Waals surface area (Å²) in [4.78, 5) is 0. The van der Waals surface area contributed by atoms with Gasteiger partial charge in [0.25, 0.3) is 0 Å². The van der Waals surface area contributed by atoms with Crippen molar-refractivity contribution in [2.45, 2.75) is 33.6 Å². The molecule has 0 fully saturated rings. The first-order valence-electron chi connectivity index (χ1n) is 6.35. The highest BCUT2D eigenvalue weighted by atomic mass is 35.5. The van der Waals surface area contributed by atoms with E-state index in [9.17, 15) is 0 Å². The van der Waals surface area contributed by atoms with Gasteiger partial charge < -0.3 is 16.3 Å². The summed E-state index contributed by atoms with van der Waals surface area (Å²) in [5.74, 6) is 0.265. The van der Waals surface area contributed by atoms with E-state index in [0.29, 0.717) is 0 Å². The number of aryl methyl sites for hydroxylation is 1. The second kappa shape index (κ2) is 6.66. The molecule has 0 atom stereocenters. The SMILES string of the molecule is Cc1ccc(Cl)c(NCCCC(C)(C)/C(N)=N/O)c1. The van der Waals surface area contributed by atoms with Gasteiger partial charge in [-0.25, -0.2) is 0 Å². The lowest BCUT2D eigenvalue weighted by molar-refractivity contribution is 0.305. The maximum atomic E-state index is 8.70. The zero-order chi connectivity index (χ0) is 14.5. The van der Waals surface area contributed by atoms with Crippen LogP contribution >= 0.6 is 11.6 Å². The Hall–Kier alpha value is -1.42. The average Bonchev–Trinajstić information content (AvgIpc) is 2.37. The summed E-state index contributed by atoms with van der Waals surface area (Å²) < 4.78 is 0. The van der Waals surface area contributed by atoms with E-state index >= 15 is 0 Å². The zero-order valence-electron chi connectivity index (χ0n) is 11.7. The van der Waals surface area contributed by atoms with Crippen LogP contribution in [-0.4, -0.2) is 17.6 Å². The third-order valence-electron chi connectivity index (χ3n) is 3.22. The number of amidine groups is 1. The Bertz CT molecular complexity index is 458. The quantitative estimate of drug-likeness (QED) is 0.245. The first-order valence-corrected chi connectivity index (χ1v) is 6.72. The van der Waals surface area contributed by atoms with Crippen LogP contribution in [0.2, 0.25) is 5.02 Å². The van der Waals surface area contributed by atoms with Crippen LogP contribution in [0.1, 0.15) is 32.3 Å². The van der Waals surface area contributed by atoms with Crippen molar-refractivity contribution in [2.24, 2.45) is 16.3 Å². The molecule has 0 aliphatic carbocycles. The van der Waals surface area contributed by atoms with E-state index in [-0.39, 0.29) is 11.3 Å². The Morgan fingerprint density at radius 3 is 2.79 bits per heavy atom. The average molecular weight is 284 g/mol. The summed E-state index contributed by atoms with van der Waals surface area (Å²) >= 11 is 6.10. The second-order valence-corrected chi connectivity index (χ2v) is 5.79. The van der Waals surface area contributed by atoms with Gasteiger partial charge in [-0.2, -0.15) is 0 Å². The largest absolute Gasteiger partial charge is 0.409 e. The number of benzene rings is 1. The molecule has 0 amide bonds. The van der Waals surface area contributed by atoms with Crippen LogP contribution in [0.3, 0.4) is 0 Å². The van der Waals surface area contributed by atoms with Crippen LogP contribution in [0.25, 0.3) is 0 Å². The minimum Gasteiger partial charge on any atom is -0.409 e. The Labute approximate surface area is 119 Å². The minimum atomic E-state index is -0.299. The predicted molar refractivity (Wildman–Crippen MR) is 81.1 cm³/mol. The summed E-state index contributed by atoms with van der Waals surface area (Å²) in [6, 6.07) is 5.89. The third-order valence-corrected chi connectivity index (χ3v) is 3.55. The van der Waals surface area contributed by atoms with Crippen molar-refractivity contribution in [3.63, 3.8) is 0 Å². The smallest absolute Gasteiger partial charge is 0.144 e. The van der Waals surface area contributed by atoms with Crippen molar-refractivity contribution in [1.82, 2.24) is 0 Å². The minimum absolute atomic E-state index is 0.265. The molecule has 1 aromatic rings. The molecule has 0 aromatic heterocycles. The molecule has 106 valence electrons. The van der Waals surface area contributed by atoms with Crippen molar-refractivity contribution in [3.8, 4) is 0 Å². The van der Waals surface area contributed by atoms with Gasteiger partial charge in [0.15, 0.2) is 0 Å². The Morgan fingerprint density at radius 1 is 1.47 bits per heavy atom. The molecule has 0 radical (unpaired) electrons. The van der Waals surface area contributed by atoms with E-state index in [1.807, 2.05) is 39.0 Å². The Morgan fingerprint density at radius 2 is 2.16 bits per heavy atom. The van der Waals surface area contributed by atoms with Crippen LogP contribution in [0.15, 0.2) is 23.4 Å². The van der Waals surface area contributed by atoms with E-state index in [0.717, 1.165) is 30.1 Å². The number of hydrogen-bond acceptors (Lipinski definition) is 3. The summed E-state index contributed by atoms with van der Waals surface area (Å²) in [6.45, 7) is 6.75. The van der Waals surface area contributed by atoms with Gasteiger partial charge in [-0.1, -0.05) is 36.7 Å². The van der Waals surface area contributed by atoms with E-state index < -0.39 is 0 Å². The fourth-order valence-corrected chi connectivity index (χ4v) is 1.98. The molecule has 4 nitrogen and oxygen atoms in total. The van der Waals surface area contributed by atoms with E-state index in [1.165, 1.54) is 5.56 Å². The molecule has 19 heavy (non-hydrogen) atoms. The van der Waals surface area contributed by atoms with Gasteiger partial charge in [0.2, 0.25) is 0 Å². The first kappa shape index (κ1) is 15.6. The van der Waals surface area contributed by atoms with Crippen LogP contribution in [0.5, 0.6) is 0 Å². The zero-order valence-corrected chi connectivity index (χ0v) is 12.5. The maximum absolute atomic E-state index is 8.70. The number of nitrogens with two attached hydrogens (primary N) is 1. The molecule has 4 N–H and O–H groups in total. The number of nitrogens with zero attached hydrogens (tertiary/aromatic N) is 1. The molecule has 0 aliphatic rings. The van der Waals surface area contributed by atoms with Gasteiger partial charge in [-0.3, -0.25) is 0 Å². The Kier molecular flexibility index (Phi) is 5.48. The topological polar surface area (TPSA) is 70.6 Å². The fraction of sp³-hybridized carbons (Fsp3) is 0.500. The first-order chi connectivity index (χ1) is 8.86. The molecule has 0 unspecified atom stereocenters. The summed E-state index contributed by atoms with van der Waals surface area (Å²) in [5.41, 5.74) is 7.47. The van der Waals surface area contributed by atoms with Gasteiger partial charge in [-0.05, 0) is 37.5 Å². The van der Waals surface area contributed by atoms with Crippen LogP contribution in [0, 0.1) is 12.3 Å². The lowest BCUT2D eigenvalue weighted by atomic mass is 9.86. The highest BCUT2D eigenvalue weighted by molar-refractivity contribution is 6.33. The second-order valence-electron chi connectivity index (χ2n) is 5.38. The van der Waals surface area contributed by atoms with Crippen molar-refractivity contribution in [3.05, 3.63) is 28.8 Å². The number of halogens is 1.